The number of para-hydroxylation sites is 1. The average Bonchev–Trinajstić information content (AvgIpc) is 3.44. The van der Waals surface area contributed by atoms with Crippen LogP contribution in [-0.4, -0.2) is 36.4 Å². The number of rotatable bonds is 7. The fraction of sp³-hybridized carbons (Fsp3) is 0.657. The van der Waals surface area contributed by atoms with E-state index in [1.807, 2.05) is 25.1 Å². The van der Waals surface area contributed by atoms with Crippen LogP contribution < -0.4 is 11.4 Å². The molecular weight excluding hydrogens is 526 g/mol. The average molecular weight is 576 g/mol. The lowest BCUT2D eigenvalue weighted by atomic mass is 9.59. The van der Waals surface area contributed by atoms with E-state index >= 15 is 0 Å². The SMILES string of the molecule is CC1=C([C@@H]2C=C3[C@@H](CC[C@]4(C)[C@@H]([C@H](C)CCCC(C)C)CC[C@@H]34)n3c(=O)n(-c4ccccc4)c(=O)n32)C[C@H](O)C[C@@H]1O. The maximum Gasteiger partial charge on any atom is 0.352 e. The topological polar surface area (TPSA) is 89.4 Å². The van der Waals surface area contributed by atoms with Crippen molar-refractivity contribution < 1.29 is 10.2 Å². The minimum atomic E-state index is -0.758. The third-order valence-electron chi connectivity index (χ3n) is 11.5. The van der Waals surface area contributed by atoms with Gasteiger partial charge < -0.3 is 10.2 Å². The Morgan fingerprint density at radius 1 is 0.976 bits per heavy atom. The second-order valence-electron chi connectivity index (χ2n) is 14.5. The normalized spacial score (nSPS) is 33.3. The number of nitrogens with zero attached hydrogens (tertiary/aromatic N) is 3. The van der Waals surface area contributed by atoms with Crippen LogP contribution in [-0.2, 0) is 0 Å². The first-order valence-corrected chi connectivity index (χ1v) is 16.3. The molecule has 3 aliphatic carbocycles. The second-order valence-corrected chi connectivity index (χ2v) is 14.5. The molecule has 8 atom stereocenters. The van der Waals surface area contributed by atoms with Crippen LogP contribution in [0.3, 0.4) is 0 Å². The van der Waals surface area contributed by atoms with Gasteiger partial charge in [0.1, 0.15) is 0 Å². The van der Waals surface area contributed by atoms with Crippen LogP contribution in [0.1, 0.15) is 104 Å². The van der Waals surface area contributed by atoms with Gasteiger partial charge in [0.25, 0.3) is 0 Å². The standard InChI is InChI=1S/C35H49N3O4/c1-21(2)10-9-11-22(3)28-14-15-29-27-20-31(26-18-25(39)19-32(40)23(26)4)38-34(42)36(24-12-7-6-8-13-24)33(41)37(38)30(27)16-17-35(28,29)5/h6-8,12-13,20-22,25,28-32,39-40H,9-11,14-19H2,1-5H3/t22-,25+,28-,29+,30-,31+,32+,35-/m1/s1. The first-order chi connectivity index (χ1) is 20.0. The number of hydrogen-bond donors (Lipinski definition) is 2. The van der Waals surface area contributed by atoms with Crippen LogP contribution in [0.4, 0.5) is 0 Å². The molecule has 0 unspecified atom stereocenters. The molecule has 2 fully saturated rings. The summed E-state index contributed by atoms with van der Waals surface area (Å²) in [4.78, 5) is 28.3. The van der Waals surface area contributed by atoms with Gasteiger partial charge in [0, 0.05) is 6.42 Å². The Morgan fingerprint density at radius 2 is 1.69 bits per heavy atom. The summed E-state index contributed by atoms with van der Waals surface area (Å²) in [5.74, 6) is 2.39. The van der Waals surface area contributed by atoms with E-state index in [-0.39, 0.29) is 22.8 Å². The molecule has 1 aromatic carbocycles. The first-order valence-electron chi connectivity index (χ1n) is 16.3. The Balaban J connectivity index is 1.46. The summed E-state index contributed by atoms with van der Waals surface area (Å²) in [5, 5.41) is 21.5. The molecule has 0 amide bonds. The maximum absolute atomic E-state index is 14.2. The van der Waals surface area contributed by atoms with Crippen molar-refractivity contribution in [2.75, 3.05) is 0 Å². The highest BCUT2D eigenvalue weighted by molar-refractivity contribution is 5.37. The van der Waals surface area contributed by atoms with Crippen LogP contribution in [0.15, 0.2) is 62.7 Å². The molecule has 7 heteroatoms. The van der Waals surface area contributed by atoms with Crippen LogP contribution >= 0.6 is 0 Å². The molecule has 2 N–H and O–H groups in total. The highest BCUT2D eigenvalue weighted by Gasteiger charge is 2.55. The van der Waals surface area contributed by atoms with E-state index in [9.17, 15) is 19.8 Å². The molecule has 0 saturated heterocycles. The zero-order valence-corrected chi connectivity index (χ0v) is 26.0. The van der Waals surface area contributed by atoms with Crippen molar-refractivity contribution in [1.29, 1.82) is 0 Å². The van der Waals surface area contributed by atoms with Crippen LogP contribution in [0, 0.1) is 29.1 Å². The lowest BCUT2D eigenvalue weighted by Crippen LogP contribution is -2.46. The van der Waals surface area contributed by atoms with Crippen molar-refractivity contribution in [1.82, 2.24) is 13.9 Å². The van der Waals surface area contributed by atoms with E-state index < -0.39 is 18.2 Å². The minimum Gasteiger partial charge on any atom is -0.393 e. The number of benzene rings is 1. The molecule has 4 aliphatic rings. The van der Waals surface area contributed by atoms with Crippen molar-refractivity contribution in [3.8, 4) is 5.69 Å². The van der Waals surface area contributed by atoms with Gasteiger partial charge in [0.05, 0.1) is 30.0 Å². The summed E-state index contributed by atoms with van der Waals surface area (Å²) < 4.78 is 4.68. The van der Waals surface area contributed by atoms with Gasteiger partial charge in [-0.3, -0.25) is 0 Å². The van der Waals surface area contributed by atoms with Crippen LogP contribution in [0.5, 0.6) is 0 Å². The van der Waals surface area contributed by atoms with Crippen molar-refractivity contribution in [2.45, 2.75) is 117 Å². The predicted molar refractivity (Wildman–Crippen MR) is 166 cm³/mol. The third kappa shape index (κ3) is 4.71. The van der Waals surface area contributed by atoms with E-state index in [2.05, 4.69) is 33.8 Å². The number of aliphatic hydroxyl groups excluding tert-OH is 2. The smallest absolute Gasteiger partial charge is 0.352 e. The highest BCUT2D eigenvalue weighted by atomic mass is 16.3. The van der Waals surface area contributed by atoms with E-state index in [0.717, 1.165) is 36.3 Å². The molecule has 42 heavy (non-hydrogen) atoms. The van der Waals surface area contributed by atoms with Crippen LogP contribution in [0.2, 0.25) is 0 Å². The molecule has 0 spiro atoms. The van der Waals surface area contributed by atoms with Crippen molar-refractivity contribution >= 4 is 0 Å². The van der Waals surface area contributed by atoms with E-state index in [1.165, 1.54) is 35.8 Å². The van der Waals surface area contributed by atoms with Gasteiger partial charge in [-0.1, -0.05) is 71.2 Å². The predicted octanol–water partition coefficient (Wildman–Crippen LogP) is 5.94. The maximum atomic E-state index is 14.2. The molecule has 0 bridgehead atoms. The fourth-order valence-corrected chi connectivity index (χ4v) is 9.30. The number of allylic oxidation sites excluding steroid dienone is 2. The Bertz CT molecular complexity index is 1490. The molecule has 6 rings (SSSR count). The van der Waals surface area contributed by atoms with Gasteiger partial charge in [0.15, 0.2) is 0 Å². The second kappa shape index (κ2) is 11.1. The molecule has 2 saturated carbocycles. The molecule has 1 aliphatic heterocycles. The van der Waals surface area contributed by atoms with E-state index in [0.29, 0.717) is 36.3 Å². The monoisotopic (exact) mass is 575 g/mol. The van der Waals surface area contributed by atoms with Gasteiger partial charge in [-0.05, 0) is 97.0 Å². The molecular formula is C35H49N3O4. The molecule has 7 nitrogen and oxygen atoms in total. The zero-order chi connectivity index (χ0) is 29.9. The highest BCUT2D eigenvalue weighted by Crippen LogP contribution is 2.62. The van der Waals surface area contributed by atoms with Gasteiger partial charge in [-0.25, -0.2) is 23.5 Å². The molecule has 0 radical (unpaired) electrons. The summed E-state index contributed by atoms with van der Waals surface area (Å²) in [6.07, 6.45) is 9.50. The van der Waals surface area contributed by atoms with E-state index in [4.69, 9.17) is 0 Å². The lowest BCUT2D eigenvalue weighted by Gasteiger charge is -2.49. The quantitative estimate of drug-likeness (QED) is 0.400. The summed E-state index contributed by atoms with van der Waals surface area (Å²) in [5.41, 5.74) is 3.01. The van der Waals surface area contributed by atoms with Gasteiger partial charge >= 0.3 is 11.4 Å². The molecule has 2 heterocycles. The largest absolute Gasteiger partial charge is 0.393 e. The van der Waals surface area contributed by atoms with Crippen molar-refractivity contribution in [2.24, 2.45) is 29.1 Å². The summed E-state index contributed by atoms with van der Waals surface area (Å²) >= 11 is 0. The number of fused-ring (bicyclic) bond motifs is 5. The summed E-state index contributed by atoms with van der Waals surface area (Å²) in [6.45, 7) is 11.5. The Labute approximate surface area is 249 Å². The Morgan fingerprint density at radius 3 is 2.40 bits per heavy atom. The summed E-state index contributed by atoms with van der Waals surface area (Å²) in [6, 6.07) is 8.52. The first kappa shape index (κ1) is 29.4. The van der Waals surface area contributed by atoms with Gasteiger partial charge in [0.2, 0.25) is 0 Å². The lowest BCUT2D eigenvalue weighted by molar-refractivity contribution is 0.0677. The van der Waals surface area contributed by atoms with Gasteiger partial charge in [-0.2, -0.15) is 0 Å². The van der Waals surface area contributed by atoms with Gasteiger partial charge in [-0.15, -0.1) is 0 Å². The fourth-order valence-electron chi connectivity index (χ4n) is 9.30. The Kier molecular flexibility index (Phi) is 7.80. The van der Waals surface area contributed by atoms with Crippen molar-refractivity contribution in [3.63, 3.8) is 0 Å². The molecule has 2 aromatic rings. The van der Waals surface area contributed by atoms with Crippen molar-refractivity contribution in [3.05, 3.63) is 74.1 Å². The van der Waals surface area contributed by atoms with E-state index in [1.54, 1.807) is 21.5 Å². The number of aromatic nitrogens is 3. The molecule has 1 aromatic heterocycles. The zero-order valence-electron chi connectivity index (χ0n) is 26.0. The Hall–Kier alpha value is -2.64. The van der Waals surface area contributed by atoms with Crippen LogP contribution in [0.25, 0.3) is 5.69 Å². The number of aliphatic hydroxyl groups is 2. The molecule has 228 valence electrons. The summed E-state index contributed by atoms with van der Waals surface area (Å²) in [7, 11) is 0. The number of hydrogen-bond acceptors (Lipinski definition) is 4. The minimum absolute atomic E-state index is 0.154. The third-order valence-corrected chi connectivity index (χ3v) is 11.5.